The van der Waals surface area contributed by atoms with Crippen molar-refractivity contribution in [3.63, 3.8) is 0 Å². The van der Waals surface area contributed by atoms with E-state index in [4.69, 9.17) is 34.0 Å². The van der Waals surface area contributed by atoms with Crippen LogP contribution in [0.4, 0.5) is 0 Å². The molecule has 0 fully saturated rings. The Labute approximate surface area is 526 Å². The van der Waals surface area contributed by atoms with E-state index in [1.54, 1.807) is 70.1 Å². The monoisotopic (exact) mass is 1250 g/mol. The summed E-state index contributed by atoms with van der Waals surface area (Å²) < 4.78 is 33.9. The lowest BCUT2D eigenvalue weighted by Crippen LogP contribution is -2.34. The van der Waals surface area contributed by atoms with Gasteiger partial charge in [-0.3, -0.25) is 28.8 Å². The second-order valence-electron chi connectivity index (χ2n) is 22.6. The third-order valence-electron chi connectivity index (χ3n) is 11.5. The Bertz CT molecular complexity index is 2470. The molecular weight excluding hydrogens is 1150 g/mol. The highest BCUT2D eigenvalue weighted by atomic mass is 33.1. The molecule has 2 unspecified atom stereocenters. The second kappa shape index (κ2) is 49.8. The van der Waals surface area contributed by atoms with Gasteiger partial charge < -0.3 is 60.3 Å². The Morgan fingerprint density at radius 1 is 0.563 bits per heavy atom. The van der Waals surface area contributed by atoms with Gasteiger partial charge >= 0.3 is 0 Å². The summed E-state index contributed by atoms with van der Waals surface area (Å²) in [6, 6.07) is 13.5. The van der Waals surface area contributed by atoms with Crippen LogP contribution in [0.2, 0.25) is 0 Å². The number of unbranched alkanes of at least 4 members (excludes halogenated alkanes) is 4. The van der Waals surface area contributed by atoms with E-state index in [-0.39, 0.29) is 110 Å². The zero-order valence-electron chi connectivity index (χ0n) is 53.6. The molecule has 0 saturated heterocycles. The van der Waals surface area contributed by atoms with Gasteiger partial charge in [-0.05, 0) is 66.6 Å². The molecule has 0 aliphatic heterocycles. The Morgan fingerprint density at radius 3 is 1.45 bits per heavy atom. The summed E-state index contributed by atoms with van der Waals surface area (Å²) in [5.74, 6) is 13.5. The quantitative estimate of drug-likeness (QED) is 0.00686. The molecule has 2 aromatic carbocycles. The van der Waals surface area contributed by atoms with E-state index >= 15 is 0 Å². The standard InChI is InChI=1S/C34H55N3O6S2.C30H46N6O6/c1-26(2)13-9-8-10-17-30(38)36-19-20-37-33(40)28-15-11-16-29(23-28)43-25-32(44-45-34(5,6)7)42-22-21-41-24-31(39)35-18-12-14-27(3)4;1-23(2)10-6-5-7-14-27(37)33-16-17-34-30(39)25-12-8-13-26(20-25)42-22-29(35-36-31)41-19-18-40-21-28(38)32-15-9-11-24(3)4/h11,15-16,23,26-27,32H,8-10,13,17-22,24-25H2,1-7H3,(H,35,39)(H,36,38)(H,37,40);8,12-13,20,23-24,29H,5-7,10,14-19,21-22H2,1-4H3,(H,32,38)(H,33,37)(H,34,39). The lowest BCUT2D eigenvalue weighted by molar-refractivity contribution is -0.126. The zero-order valence-corrected chi connectivity index (χ0v) is 55.2. The van der Waals surface area contributed by atoms with E-state index in [0.29, 0.717) is 86.6 Å². The summed E-state index contributed by atoms with van der Waals surface area (Å²) in [6.45, 7) is 25.7. The van der Waals surface area contributed by atoms with E-state index in [1.807, 2.05) is 27.7 Å². The molecule has 6 N–H and O–H groups in total. The van der Waals surface area contributed by atoms with E-state index in [9.17, 15) is 28.8 Å². The van der Waals surface area contributed by atoms with Crippen LogP contribution >= 0.6 is 21.6 Å². The average molecular weight is 1250 g/mol. The molecule has 0 bridgehead atoms. The molecule has 0 aliphatic rings. The smallest absolute Gasteiger partial charge is 0.251 e. The SMILES string of the molecule is CC(C)C#CCNC(=O)COCCOC(COc1cccc(C(=O)NCCNC(=O)CCCCCC(C)C)c1)N=[N+]=[N-].CC(C)C#CCNC(=O)COCCOC(COc1cccc(C(=O)NCCNC(=O)CCCCCC(C)C)c1)SSC(C)(C)C. The van der Waals surface area contributed by atoms with Crippen LogP contribution in [0, 0.1) is 47.4 Å². The van der Waals surface area contributed by atoms with Crippen LogP contribution in [-0.2, 0) is 38.1 Å². The first kappa shape index (κ1) is 78.8. The van der Waals surface area contributed by atoms with Crippen LogP contribution in [0.1, 0.15) is 161 Å². The van der Waals surface area contributed by atoms with E-state index < -0.39 is 6.23 Å². The topological polar surface area (TPSA) is 279 Å². The number of nitrogens with one attached hydrogen (secondary N) is 6. The minimum absolute atomic E-state index is 0.0131. The Balaban J connectivity index is 0.000000872. The Kier molecular flexibility index (Phi) is 45.1. The molecule has 23 heteroatoms. The molecule has 0 radical (unpaired) electrons. The van der Waals surface area contributed by atoms with Gasteiger partial charge in [-0.25, -0.2) is 0 Å². The van der Waals surface area contributed by atoms with Crippen LogP contribution in [0.25, 0.3) is 10.4 Å². The number of amides is 6. The van der Waals surface area contributed by atoms with Crippen molar-refractivity contribution in [3.05, 3.63) is 70.1 Å². The summed E-state index contributed by atoms with van der Waals surface area (Å²) in [7, 11) is 3.25. The molecule has 0 aromatic heterocycles. The minimum atomic E-state index is -0.935. The zero-order chi connectivity index (χ0) is 64.5. The van der Waals surface area contributed by atoms with E-state index in [0.717, 1.165) is 38.5 Å². The number of hydrogen-bond acceptors (Lipinski definition) is 15. The van der Waals surface area contributed by atoms with E-state index in [1.165, 1.54) is 12.8 Å². The summed E-state index contributed by atoms with van der Waals surface area (Å²) in [4.78, 5) is 75.5. The van der Waals surface area contributed by atoms with Gasteiger partial charge in [0.15, 0.2) is 6.23 Å². The molecule has 0 aliphatic carbocycles. The molecule has 2 aromatic rings. The molecule has 21 nitrogen and oxygen atoms in total. The van der Waals surface area contributed by atoms with Gasteiger partial charge in [0.2, 0.25) is 23.6 Å². The van der Waals surface area contributed by atoms with Gasteiger partial charge in [0.05, 0.1) is 39.5 Å². The highest BCUT2D eigenvalue weighted by Crippen LogP contribution is 2.38. The maximum Gasteiger partial charge on any atom is 0.251 e. The molecule has 0 heterocycles. The Hall–Kier alpha value is -6.17. The lowest BCUT2D eigenvalue weighted by Gasteiger charge is -2.22. The molecule has 2 rings (SSSR count). The van der Waals surface area contributed by atoms with Crippen molar-refractivity contribution in [3.8, 4) is 35.2 Å². The predicted octanol–water partition coefficient (Wildman–Crippen LogP) is 9.80. The summed E-state index contributed by atoms with van der Waals surface area (Å²) in [6.07, 6.45) is 8.58. The van der Waals surface area contributed by atoms with Crippen LogP contribution in [-0.4, -0.2) is 144 Å². The van der Waals surface area contributed by atoms with Gasteiger partial charge in [-0.15, -0.1) is 0 Å². The molecule has 0 saturated carbocycles. The summed E-state index contributed by atoms with van der Waals surface area (Å²) in [5.41, 5.74) is 9.39. The fourth-order valence-electron chi connectivity index (χ4n) is 7.14. The van der Waals surface area contributed by atoms with Crippen molar-refractivity contribution >= 4 is 57.0 Å². The van der Waals surface area contributed by atoms with Gasteiger partial charge in [-0.1, -0.05) is 177 Å². The van der Waals surface area contributed by atoms with Gasteiger partial charge in [0, 0.05) is 71.6 Å². The fraction of sp³-hybridized carbons (Fsp3) is 0.656. The number of rotatable bonds is 43. The van der Waals surface area contributed by atoms with Crippen molar-refractivity contribution in [2.45, 2.75) is 157 Å². The molecule has 0 spiro atoms. The van der Waals surface area contributed by atoms with Crippen LogP contribution in [0.5, 0.6) is 11.5 Å². The fourth-order valence-corrected chi connectivity index (χ4v) is 9.33. The lowest BCUT2D eigenvalue weighted by atomic mass is 10.0. The van der Waals surface area contributed by atoms with Gasteiger partial charge in [0.1, 0.15) is 43.4 Å². The first-order chi connectivity index (χ1) is 41.6. The van der Waals surface area contributed by atoms with Gasteiger partial charge in [0.25, 0.3) is 11.8 Å². The highest BCUT2D eigenvalue weighted by molar-refractivity contribution is 8.77. The van der Waals surface area contributed by atoms with Crippen LogP contribution < -0.4 is 41.4 Å². The summed E-state index contributed by atoms with van der Waals surface area (Å²) in [5, 5.41) is 20.2. The number of carbonyl (C=O) groups is 6. The number of benzene rings is 2. The number of hydrogen-bond donors (Lipinski definition) is 6. The van der Waals surface area contributed by atoms with Crippen molar-refractivity contribution in [2.24, 2.45) is 28.8 Å². The van der Waals surface area contributed by atoms with Crippen molar-refractivity contribution in [1.82, 2.24) is 31.9 Å². The van der Waals surface area contributed by atoms with Gasteiger partial charge in [-0.2, -0.15) is 0 Å². The first-order valence-corrected chi connectivity index (χ1v) is 32.6. The molecular formula is C64H101N9O12S2. The number of ether oxygens (including phenoxy) is 6. The maximum atomic E-state index is 12.7. The average Bonchev–Trinajstić information content (AvgIpc) is 3.57. The highest BCUT2D eigenvalue weighted by Gasteiger charge is 2.19. The molecule has 6 amide bonds. The Morgan fingerprint density at radius 2 is 1.01 bits per heavy atom. The number of azide groups is 1. The van der Waals surface area contributed by atoms with Crippen molar-refractivity contribution in [2.75, 3.05) is 92.1 Å². The predicted molar refractivity (Wildman–Crippen MR) is 347 cm³/mol. The second-order valence-corrected chi connectivity index (χ2v) is 25.8. The summed E-state index contributed by atoms with van der Waals surface area (Å²) >= 11 is 0. The van der Waals surface area contributed by atoms with E-state index in [2.05, 4.69) is 114 Å². The van der Waals surface area contributed by atoms with Crippen LogP contribution in [0.3, 0.4) is 0 Å². The molecule has 486 valence electrons. The molecule has 2 atom stereocenters. The number of carbonyl (C=O) groups excluding carboxylic acids is 6. The first-order valence-electron chi connectivity index (χ1n) is 30.4. The minimum Gasteiger partial charge on any atom is -0.491 e. The van der Waals surface area contributed by atoms with Crippen molar-refractivity contribution in [1.29, 1.82) is 0 Å². The van der Waals surface area contributed by atoms with Crippen LogP contribution in [0.15, 0.2) is 53.6 Å². The third-order valence-corrected chi connectivity index (χ3v) is 15.0. The molecule has 87 heavy (non-hydrogen) atoms. The largest absolute Gasteiger partial charge is 0.491 e. The maximum absolute atomic E-state index is 12.7. The van der Waals surface area contributed by atoms with Crippen molar-refractivity contribution < 1.29 is 57.2 Å². The number of nitrogens with zero attached hydrogens (tertiary/aromatic N) is 3. The third kappa shape index (κ3) is 47.6. The normalized spacial score (nSPS) is 11.6.